The van der Waals surface area contributed by atoms with Crippen molar-refractivity contribution < 1.29 is 26.2 Å². The lowest BCUT2D eigenvalue weighted by Gasteiger charge is -2.59. The molecule has 3 aliphatic heterocycles. The summed E-state index contributed by atoms with van der Waals surface area (Å²) in [5, 5.41) is 14.9. The lowest BCUT2D eigenvalue weighted by atomic mass is 9.54. The zero-order chi connectivity index (χ0) is 21.2. The first-order valence-electron chi connectivity index (χ1n) is 11.2. The SMILES string of the molecule is N#CC(c1cccs1)(c1cccs1)C12CC[N+](CCCOc3ccccc3)(CC1)CC2.[Br-]. The summed E-state index contributed by atoms with van der Waals surface area (Å²) in [4.78, 5) is 2.46. The number of para-hydroxylation sites is 1. The molecule has 2 aromatic heterocycles. The Morgan fingerprint density at radius 1 is 0.906 bits per heavy atom. The van der Waals surface area contributed by atoms with Crippen molar-refractivity contribution in [3.05, 3.63) is 75.1 Å². The number of piperidine rings is 3. The molecule has 0 unspecified atom stereocenters. The van der Waals surface area contributed by atoms with Crippen molar-refractivity contribution >= 4 is 22.7 Å². The van der Waals surface area contributed by atoms with Crippen molar-refractivity contribution in [3.63, 3.8) is 0 Å². The van der Waals surface area contributed by atoms with Crippen molar-refractivity contribution in [1.82, 2.24) is 0 Å². The van der Waals surface area contributed by atoms with Crippen LogP contribution in [0.5, 0.6) is 5.75 Å². The van der Waals surface area contributed by atoms with E-state index in [0.29, 0.717) is 0 Å². The molecule has 3 aromatic rings. The second kappa shape index (κ2) is 9.69. The van der Waals surface area contributed by atoms with Crippen LogP contribution in [0.2, 0.25) is 0 Å². The molecule has 2 bridgehead atoms. The van der Waals surface area contributed by atoms with Gasteiger partial charge in [0.15, 0.2) is 0 Å². The van der Waals surface area contributed by atoms with Gasteiger partial charge in [0.05, 0.1) is 38.9 Å². The van der Waals surface area contributed by atoms with E-state index in [1.807, 2.05) is 30.3 Å². The normalized spacial score (nSPS) is 24.5. The maximum absolute atomic E-state index is 10.7. The monoisotopic (exact) mass is 528 g/mol. The van der Waals surface area contributed by atoms with E-state index in [9.17, 15) is 5.26 Å². The first-order valence-corrected chi connectivity index (χ1v) is 13.0. The van der Waals surface area contributed by atoms with Gasteiger partial charge in [-0.25, -0.2) is 0 Å². The van der Waals surface area contributed by atoms with Crippen LogP contribution in [0.1, 0.15) is 35.4 Å². The van der Waals surface area contributed by atoms with Gasteiger partial charge in [0.1, 0.15) is 11.2 Å². The van der Waals surface area contributed by atoms with E-state index in [1.54, 1.807) is 22.7 Å². The van der Waals surface area contributed by atoms with Crippen LogP contribution in [-0.2, 0) is 5.41 Å². The highest BCUT2D eigenvalue weighted by molar-refractivity contribution is 7.12. The third-order valence-electron chi connectivity index (χ3n) is 7.73. The molecule has 3 saturated heterocycles. The molecule has 0 atom stereocenters. The van der Waals surface area contributed by atoms with Crippen LogP contribution in [0.3, 0.4) is 0 Å². The topological polar surface area (TPSA) is 33.0 Å². The molecular weight excluding hydrogens is 500 g/mol. The second-order valence-electron chi connectivity index (χ2n) is 9.10. The predicted molar refractivity (Wildman–Crippen MR) is 128 cm³/mol. The van der Waals surface area contributed by atoms with Crippen LogP contribution in [0.15, 0.2) is 65.4 Å². The van der Waals surface area contributed by atoms with Crippen LogP contribution < -0.4 is 21.7 Å². The van der Waals surface area contributed by atoms with E-state index in [0.717, 1.165) is 38.0 Å². The number of hydrogen-bond acceptors (Lipinski definition) is 4. The standard InChI is InChI=1S/C26H29N2OS2.BrH/c27-21-26(23-9-4-19-30-23,24-10-5-20-31-24)25-11-15-28(16-12-25,17-13-25)14-6-18-29-22-7-2-1-3-8-22;/h1-5,7-10,19-20H,6,11-18H2;1H/q+1;/p-1. The first-order chi connectivity index (χ1) is 15.2. The predicted octanol–water partition coefficient (Wildman–Crippen LogP) is 3.09. The Kier molecular flexibility index (Phi) is 7.11. The summed E-state index contributed by atoms with van der Waals surface area (Å²) in [5.41, 5.74) is -0.444. The third-order valence-corrected chi connectivity index (χ3v) is 9.71. The van der Waals surface area contributed by atoms with E-state index in [1.165, 1.54) is 40.4 Å². The number of rotatable bonds is 8. The largest absolute Gasteiger partial charge is 1.00 e. The fraction of sp³-hybridized carbons (Fsp3) is 0.423. The highest BCUT2D eigenvalue weighted by atomic mass is 79.9. The average molecular weight is 530 g/mol. The number of benzene rings is 1. The van der Waals surface area contributed by atoms with Crippen molar-refractivity contribution in [1.29, 1.82) is 5.26 Å². The van der Waals surface area contributed by atoms with E-state index in [4.69, 9.17) is 4.74 Å². The molecule has 32 heavy (non-hydrogen) atoms. The van der Waals surface area contributed by atoms with Crippen LogP contribution in [0, 0.1) is 16.7 Å². The molecule has 5 heterocycles. The number of ether oxygens (including phenoxy) is 1. The molecule has 3 nitrogen and oxygen atoms in total. The van der Waals surface area contributed by atoms with E-state index in [-0.39, 0.29) is 22.4 Å². The maximum Gasteiger partial charge on any atom is 0.132 e. The first kappa shape index (κ1) is 23.5. The van der Waals surface area contributed by atoms with Gasteiger partial charge in [-0.1, -0.05) is 30.3 Å². The summed E-state index contributed by atoms with van der Waals surface area (Å²) in [5.74, 6) is 0.963. The maximum atomic E-state index is 10.7. The van der Waals surface area contributed by atoms with Crippen LogP contribution >= 0.6 is 22.7 Å². The van der Waals surface area contributed by atoms with Gasteiger partial charge in [-0.15, -0.1) is 22.7 Å². The Bertz CT molecular complexity index is 969. The van der Waals surface area contributed by atoms with Crippen molar-refractivity contribution in [2.45, 2.75) is 31.1 Å². The summed E-state index contributed by atoms with van der Waals surface area (Å²) in [6.45, 7) is 5.52. The number of quaternary nitrogens is 1. The molecule has 0 radical (unpaired) electrons. The summed E-state index contributed by atoms with van der Waals surface area (Å²) < 4.78 is 7.14. The third kappa shape index (κ3) is 3.94. The zero-order valence-corrected chi connectivity index (χ0v) is 21.4. The minimum absolute atomic E-state index is 0. The molecule has 0 spiro atoms. The number of nitriles is 1. The quantitative estimate of drug-likeness (QED) is 0.332. The van der Waals surface area contributed by atoms with E-state index in [2.05, 4.69) is 41.1 Å². The van der Waals surface area contributed by atoms with Gasteiger partial charge in [-0.05, 0) is 35.0 Å². The zero-order valence-electron chi connectivity index (χ0n) is 18.2. The molecule has 6 rings (SSSR count). The lowest BCUT2D eigenvalue weighted by molar-refractivity contribution is -0.946. The fourth-order valence-electron chi connectivity index (χ4n) is 5.93. The number of fused-ring (bicyclic) bond motifs is 3. The van der Waals surface area contributed by atoms with Crippen molar-refractivity contribution in [2.75, 3.05) is 32.8 Å². The molecule has 3 aliphatic rings. The van der Waals surface area contributed by atoms with Gasteiger partial charge in [0.2, 0.25) is 0 Å². The minimum Gasteiger partial charge on any atom is -1.00 e. The molecular formula is C26H29BrN2OS2. The van der Waals surface area contributed by atoms with Gasteiger partial charge in [0, 0.05) is 40.9 Å². The minimum atomic E-state index is -0.498. The average Bonchev–Trinajstić information content (AvgIpc) is 3.55. The van der Waals surface area contributed by atoms with Crippen molar-refractivity contribution in [3.8, 4) is 11.8 Å². The molecule has 3 fully saturated rings. The van der Waals surface area contributed by atoms with Gasteiger partial charge in [-0.3, -0.25) is 0 Å². The van der Waals surface area contributed by atoms with Crippen molar-refractivity contribution in [2.24, 2.45) is 5.41 Å². The lowest BCUT2D eigenvalue weighted by Crippen LogP contribution is -3.00. The molecule has 0 aliphatic carbocycles. The highest BCUT2D eigenvalue weighted by Gasteiger charge is 2.62. The summed E-state index contributed by atoms with van der Waals surface area (Å²) >= 11 is 3.51. The number of halogens is 1. The number of hydrogen-bond donors (Lipinski definition) is 0. The van der Waals surface area contributed by atoms with Crippen LogP contribution in [0.25, 0.3) is 0 Å². The Morgan fingerprint density at radius 2 is 1.50 bits per heavy atom. The van der Waals surface area contributed by atoms with E-state index < -0.39 is 5.41 Å². The molecule has 0 amide bonds. The fourth-order valence-corrected chi connectivity index (χ4v) is 8.01. The molecule has 6 heteroatoms. The number of nitrogens with zero attached hydrogens (tertiary/aromatic N) is 2. The molecule has 0 saturated carbocycles. The van der Waals surface area contributed by atoms with Gasteiger partial charge >= 0.3 is 0 Å². The molecule has 168 valence electrons. The Balaban J connectivity index is 0.00000245. The summed E-state index contributed by atoms with van der Waals surface area (Å²) in [7, 11) is 0. The summed E-state index contributed by atoms with van der Waals surface area (Å²) in [6.07, 6.45) is 4.49. The summed E-state index contributed by atoms with van der Waals surface area (Å²) in [6, 6.07) is 21.6. The Hall–Kier alpha value is -1.65. The molecule has 0 N–H and O–H groups in total. The van der Waals surface area contributed by atoms with E-state index >= 15 is 0 Å². The van der Waals surface area contributed by atoms with Gasteiger partial charge in [-0.2, -0.15) is 5.26 Å². The van der Waals surface area contributed by atoms with Gasteiger partial charge in [0.25, 0.3) is 0 Å². The van der Waals surface area contributed by atoms with Crippen LogP contribution in [-0.4, -0.2) is 37.3 Å². The smallest absolute Gasteiger partial charge is 0.132 e. The Labute approximate surface area is 209 Å². The molecule has 1 aromatic carbocycles. The van der Waals surface area contributed by atoms with Gasteiger partial charge < -0.3 is 26.2 Å². The van der Waals surface area contributed by atoms with Crippen LogP contribution in [0.4, 0.5) is 0 Å². The Morgan fingerprint density at radius 3 is 2.00 bits per heavy atom. The number of thiophene rings is 2. The second-order valence-corrected chi connectivity index (χ2v) is 11.0. The highest BCUT2D eigenvalue weighted by Crippen LogP contribution is 2.60.